The molecule has 0 spiro atoms. The second kappa shape index (κ2) is 4.81. The van der Waals surface area contributed by atoms with Crippen LogP contribution in [0.25, 0.3) is 0 Å². The maximum absolute atomic E-state index is 5.96. The van der Waals surface area contributed by atoms with Gasteiger partial charge in [0.25, 0.3) is 0 Å². The van der Waals surface area contributed by atoms with Gasteiger partial charge in [-0.15, -0.1) is 0 Å². The molecule has 2 fully saturated rings. The molecule has 3 unspecified atom stereocenters. The van der Waals surface area contributed by atoms with E-state index in [2.05, 4.69) is 23.9 Å². The van der Waals surface area contributed by atoms with Gasteiger partial charge in [0.15, 0.2) is 0 Å². The van der Waals surface area contributed by atoms with Crippen molar-refractivity contribution in [3.8, 4) is 0 Å². The average molecular weight is 211 g/mol. The van der Waals surface area contributed by atoms with Crippen LogP contribution >= 0.6 is 0 Å². The van der Waals surface area contributed by atoms with Crippen molar-refractivity contribution in [3.63, 3.8) is 0 Å². The normalized spacial score (nSPS) is 38.0. The van der Waals surface area contributed by atoms with E-state index in [1.165, 1.54) is 45.3 Å². The molecule has 1 heterocycles. The minimum absolute atomic E-state index is 0.462. The number of hydrogen-bond acceptors (Lipinski definition) is 3. The van der Waals surface area contributed by atoms with E-state index in [-0.39, 0.29) is 0 Å². The van der Waals surface area contributed by atoms with Crippen LogP contribution in [0, 0.1) is 5.92 Å². The molecule has 0 bridgehead atoms. The van der Waals surface area contributed by atoms with Crippen molar-refractivity contribution in [1.82, 2.24) is 9.80 Å². The lowest BCUT2D eigenvalue weighted by atomic mass is 10.1. The van der Waals surface area contributed by atoms with Crippen molar-refractivity contribution in [2.75, 3.05) is 33.7 Å². The second-order valence-corrected chi connectivity index (χ2v) is 5.58. The Kier molecular flexibility index (Phi) is 3.65. The van der Waals surface area contributed by atoms with Gasteiger partial charge in [0.2, 0.25) is 0 Å². The lowest BCUT2D eigenvalue weighted by molar-refractivity contribution is 0.207. The smallest absolute Gasteiger partial charge is 0.0108 e. The number of nitrogens with two attached hydrogens (primary N) is 1. The molecule has 2 rings (SSSR count). The highest BCUT2D eigenvalue weighted by Crippen LogP contribution is 2.24. The Balaban J connectivity index is 1.74. The van der Waals surface area contributed by atoms with E-state index < -0.39 is 0 Å². The molecule has 0 aromatic rings. The van der Waals surface area contributed by atoms with Gasteiger partial charge in [0.05, 0.1) is 0 Å². The quantitative estimate of drug-likeness (QED) is 0.748. The minimum atomic E-state index is 0.462. The van der Waals surface area contributed by atoms with Gasteiger partial charge in [-0.2, -0.15) is 0 Å². The lowest BCUT2D eigenvalue weighted by Gasteiger charge is -2.27. The average Bonchev–Trinajstić information content (AvgIpc) is 2.75. The Morgan fingerprint density at radius 1 is 1.33 bits per heavy atom. The molecule has 1 aliphatic heterocycles. The SMILES string of the molecule is CN1CCC(CN(C)C2CCC(N)C2)C1. The molecule has 3 heteroatoms. The van der Waals surface area contributed by atoms with Crippen LogP contribution in [0.5, 0.6) is 0 Å². The summed E-state index contributed by atoms with van der Waals surface area (Å²) in [6.45, 7) is 3.83. The van der Waals surface area contributed by atoms with Gasteiger partial charge in [-0.25, -0.2) is 0 Å². The summed E-state index contributed by atoms with van der Waals surface area (Å²) in [6.07, 6.45) is 5.11. The molecule has 3 atom stereocenters. The van der Waals surface area contributed by atoms with E-state index in [1.54, 1.807) is 0 Å². The molecule has 0 aromatic heterocycles. The predicted octanol–water partition coefficient (Wildman–Crippen LogP) is 0.750. The van der Waals surface area contributed by atoms with Crippen LogP contribution in [0.4, 0.5) is 0 Å². The third-order valence-corrected chi connectivity index (χ3v) is 4.10. The molecule has 2 N–H and O–H groups in total. The molecule has 88 valence electrons. The number of hydrogen-bond donors (Lipinski definition) is 1. The second-order valence-electron chi connectivity index (χ2n) is 5.58. The zero-order valence-corrected chi connectivity index (χ0v) is 10.2. The fourth-order valence-corrected chi connectivity index (χ4v) is 3.12. The summed E-state index contributed by atoms with van der Waals surface area (Å²) in [5.74, 6) is 0.886. The van der Waals surface area contributed by atoms with Gasteiger partial charge in [-0.1, -0.05) is 0 Å². The van der Waals surface area contributed by atoms with Gasteiger partial charge in [-0.05, 0) is 52.2 Å². The monoisotopic (exact) mass is 211 g/mol. The van der Waals surface area contributed by atoms with E-state index >= 15 is 0 Å². The first-order valence-corrected chi connectivity index (χ1v) is 6.29. The zero-order chi connectivity index (χ0) is 10.8. The summed E-state index contributed by atoms with van der Waals surface area (Å²) in [7, 11) is 4.51. The Labute approximate surface area is 93.6 Å². The Morgan fingerprint density at radius 2 is 2.13 bits per heavy atom. The highest BCUT2D eigenvalue weighted by atomic mass is 15.2. The topological polar surface area (TPSA) is 32.5 Å². The maximum Gasteiger partial charge on any atom is 0.0108 e. The molecule has 1 aliphatic carbocycles. The van der Waals surface area contributed by atoms with Crippen molar-refractivity contribution in [2.24, 2.45) is 11.7 Å². The van der Waals surface area contributed by atoms with Gasteiger partial charge in [-0.3, -0.25) is 0 Å². The van der Waals surface area contributed by atoms with E-state index in [1.807, 2.05) is 0 Å². The molecule has 15 heavy (non-hydrogen) atoms. The van der Waals surface area contributed by atoms with E-state index in [4.69, 9.17) is 5.73 Å². The van der Waals surface area contributed by atoms with Crippen LogP contribution < -0.4 is 5.73 Å². The Hall–Kier alpha value is -0.120. The fourth-order valence-electron chi connectivity index (χ4n) is 3.12. The summed E-state index contributed by atoms with van der Waals surface area (Å²) in [4.78, 5) is 5.00. The zero-order valence-electron chi connectivity index (χ0n) is 10.2. The van der Waals surface area contributed by atoms with Crippen molar-refractivity contribution >= 4 is 0 Å². The number of nitrogens with zero attached hydrogens (tertiary/aromatic N) is 2. The molecule has 0 amide bonds. The third kappa shape index (κ3) is 2.92. The van der Waals surface area contributed by atoms with E-state index in [0.717, 1.165) is 12.0 Å². The van der Waals surface area contributed by atoms with E-state index in [9.17, 15) is 0 Å². The Bertz CT molecular complexity index is 207. The molecule has 0 aromatic carbocycles. The summed E-state index contributed by atoms with van der Waals surface area (Å²) >= 11 is 0. The Morgan fingerprint density at radius 3 is 2.67 bits per heavy atom. The third-order valence-electron chi connectivity index (χ3n) is 4.10. The van der Waals surface area contributed by atoms with Gasteiger partial charge in [0, 0.05) is 25.2 Å². The van der Waals surface area contributed by atoms with Gasteiger partial charge >= 0.3 is 0 Å². The summed E-state index contributed by atoms with van der Waals surface area (Å²) in [5.41, 5.74) is 5.96. The lowest BCUT2D eigenvalue weighted by Crippen LogP contribution is -2.35. The van der Waals surface area contributed by atoms with E-state index in [0.29, 0.717) is 6.04 Å². The summed E-state index contributed by atoms with van der Waals surface area (Å²) in [6, 6.07) is 1.22. The molecule has 2 aliphatic rings. The summed E-state index contributed by atoms with van der Waals surface area (Å²) in [5, 5.41) is 0. The minimum Gasteiger partial charge on any atom is -0.328 e. The maximum atomic E-state index is 5.96. The van der Waals surface area contributed by atoms with Crippen molar-refractivity contribution < 1.29 is 0 Å². The molecule has 0 radical (unpaired) electrons. The molecule has 1 saturated carbocycles. The standard InChI is InChI=1S/C12H25N3/c1-14-6-5-10(8-14)9-15(2)12-4-3-11(13)7-12/h10-12H,3-9,13H2,1-2H3. The molecule has 3 nitrogen and oxygen atoms in total. The highest BCUT2D eigenvalue weighted by Gasteiger charge is 2.28. The van der Waals surface area contributed by atoms with Crippen LogP contribution in [0.15, 0.2) is 0 Å². The van der Waals surface area contributed by atoms with Crippen LogP contribution in [-0.2, 0) is 0 Å². The first-order chi connectivity index (χ1) is 7.15. The predicted molar refractivity (Wildman–Crippen MR) is 63.8 cm³/mol. The van der Waals surface area contributed by atoms with Crippen molar-refractivity contribution in [2.45, 2.75) is 37.8 Å². The number of rotatable bonds is 3. The first kappa shape index (κ1) is 11.4. The molecular formula is C12H25N3. The van der Waals surface area contributed by atoms with Crippen molar-refractivity contribution in [1.29, 1.82) is 0 Å². The highest BCUT2D eigenvalue weighted by molar-refractivity contribution is 4.85. The van der Waals surface area contributed by atoms with Crippen LogP contribution in [-0.4, -0.2) is 55.6 Å². The largest absolute Gasteiger partial charge is 0.328 e. The van der Waals surface area contributed by atoms with Crippen LogP contribution in [0.2, 0.25) is 0 Å². The first-order valence-electron chi connectivity index (χ1n) is 6.29. The summed E-state index contributed by atoms with van der Waals surface area (Å²) < 4.78 is 0. The molecule has 1 saturated heterocycles. The fraction of sp³-hybridized carbons (Fsp3) is 1.00. The van der Waals surface area contributed by atoms with Crippen LogP contribution in [0.1, 0.15) is 25.7 Å². The van der Waals surface area contributed by atoms with Crippen molar-refractivity contribution in [3.05, 3.63) is 0 Å². The van der Waals surface area contributed by atoms with Gasteiger partial charge < -0.3 is 15.5 Å². The van der Waals surface area contributed by atoms with Crippen LogP contribution in [0.3, 0.4) is 0 Å². The molecular weight excluding hydrogens is 186 g/mol. The van der Waals surface area contributed by atoms with Gasteiger partial charge in [0.1, 0.15) is 0 Å². The number of likely N-dealkylation sites (tertiary alicyclic amines) is 1.